The molecule has 0 spiro atoms. The molecule has 5 nitrogen and oxygen atoms in total. The average Bonchev–Trinajstić information content (AvgIpc) is 2.70. The summed E-state index contributed by atoms with van der Waals surface area (Å²) < 4.78 is 5.69. The van der Waals surface area contributed by atoms with E-state index in [9.17, 15) is 4.79 Å². The molecule has 5 heteroatoms. The third-order valence-corrected chi connectivity index (χ3v) is 3.80. The standard InChI is InChI=1S/C14H23N3O2/c1-9(2)13-8-17(5-6-19-13)14(18)7-12-10(3)15-16-11(12)4/h9,13H,5-8H2,1-4H3,(H,15,16). The fourth-order valence-electron chi connectivity index (χ4n) is 2.40. The summed E-state index contributed by atoms with van der Waals surface area (Å²) in [5, 5.41) is 7.06. The summed E-state index contributed by atoms with van der Waals surface area (Å²) in [6.07, 6.45) is 0.586. The second-order valence-corrected chi connectivity index (χ2v) is 5.58. The summed E-state index contributed by atoms with van der Waals surface area (Å²) in [7, 11) is 0. The van der Waals surface area contributed by atoms with Gasteiger partial charge in [0.15, 0.2) is 0 Å². The Morgan fingerprint density at radius 1 is 1.53 bits per heavy atom. The molecule has 1 aliphatic heterocycles. The molecular formula is C14H23N3O2. The lowest BCUT2D eigenvalue weighted by Crippen LogP contribution is -2.47. The number of morpholine rings is 1. The number of amides is 1. The van der Waals surface area contributed by atoms with Crippen molar-refractivity contribution in [2.24, 2.45) is 5.92 Å². The van der Waals surface area contributed by atoms with Crippen LogP contribution in [0.5, 0.6) is 0 Å². The molecule has 0 aliphatic carbocycles. The quantitative estimate of drug-likeness (QED) is 0.900. The van der Waals surface area contributed by atoms with Crippen molar-refractivity contribution in [1.29, 1.82) is 0 Å². The summed E-state index contributed by atoms with van der Waals surface area (Å²) in [4.78, 5) is 14.3. The molecule has 2 rings (SSSR count). The first-order chi connectivity index (χ1) is 8.99. The molecule has 19 heavy (non-hydrogen) atoms. The van der Waals surface area contributed by atoms with Gasteiger partial charge in [0.25, 0.3) is 0 Å². The summed E-state index contributed by atoms with van der Waals surface area (Å²) in [5.74, 6) is 0.606. The molecule has 106 valence electrons. The van der Waals surface area contributed by atoms with Crippen LogP contribution in [-0.4, -0.2) is 46.8 Å². The maximum Gasteiger partial charge on any atom is 0.227 e. The van der Waals surface area contributed by atoms with Crippen LogP contribution in [-0.2, 0) is 16.0 Å². The van der Waals surface area contributed by atoms with Crippen LogP contribution in [0.25, 0.3) is 0 Å². The van der Waals surface area contributed by atoms with Crippen molar-refractivity contribution in [3.8, 4) is 0 Å². The van der Waals surface area contributed by atoms with E-state index in [1.807, 2.05) is 18.7 Å². The second kappa shape index (κ2) is 5.74. The molecule has 0 aromatic carbocycles. The largest absolute Gasteiger partial charge is 0.374 e. The first kappa shape index (κ1) is 14.1. The van der Waals surface area contributed by atoms with E-state index < -0.39 is 0 Å². The molecule has 1 aromatic rings. The number of nitrogens with one attached hydrogen (secondary N) is 1. The Hall–Kier alpha value is -1.36. The Morgan fingerprint density at radius 3 is 2.84 bits per heavy atom. The van der Waals surface area contributed by atoms with Gasteiger partial charge in [0.2, 0.25) is 5.91 Å². The van der Waals surface area contributed by atoms with Gasteiger partial charge in [-0.25, -0.2) is 0 Å². The number of H-pyrrole nitrogens is 1. The van der Waals surface area contributed by atoms with Gasteiger partial charge in [-0.3, -0.25) is 9.89 Å². The fourth-order valence-corrected chi connectivity index (χ4v) is 2.40. The number of rotatable bonds is 3. The van der Waals surface area contributed by atoms with Crippen molar-refractivity contribution in [1.82, 2.24) is 15.1 Å². The van der Waals surface area contributed by atoms with Gasteiger partial charge in [0.05, 0.1) is 24.8 Å². The highest BCUT2D eigenvalue weighted by atomic mass is 16.5. The maximum absolute atomic E-state index is 12.4. The predicted octanol–water partition coefficient (Wildman–Crippen LogP) is 1.45. The third kappa shape index (κ3) is 3.15. The van der Waals surface area contributed by atoms with E-state index in [1.165, 1.54) is 0 Å². The summed E-state index contributed by atoms with van der Waals surface area (Å²) in [6.45, 7) is 10.2. The number of carbonyl (C=O) groups is 1. The third-order valence-electron chi connectivity index (χ3n) is 3.80. The molecule has 1 unspecified atom stereocenters. The number of hydrogen-bond donors (Lipinski definition) is 1. The van der Waals surface area contributed by atoms with Crippen molar-refractivity contribution in [2.75, 3.05) is 19.7 Å². The van der Waals surface area contributed by atoms with E-state index in [0.717, 1.165) is 17.0 Å². The van der Waals surface area contributed by atoms with Crippen LogP contribution in [0.2, 0.25) is 0 Å². The van der Waals surface area contributed by atoms with Gasteiger partial charge < -0.3 is 9.64 Å². The van der Waals surface area contributed by atoms with E-state index in [4.69, 9.17) is 4.74 Å². The Kier molecular flexibility index (Phi) is 4.24. The lowest BCUT2D eigenvalue weighted by Gasteiger charge is -2.35. The first-order valence-corrected chi connectivity index (χ1v) is 6.89. The number of aromatic nitrogens is 2. The van der Waals surface area contributed by atoms with E-state index in [0.29, 0.717) is 32.0 Å². The van der Waals surface area contributed by atoms with Crippen molar-refractivity contribution in [2.45, 2.75) is 40.2 Å². The van der Waals surface area contributed by atoms with Gasteiger partial charge in [0.1, 0.15) is 0 Å². The zero-order valence-electron chi connectivity index (χ0n) is 12.2. The lowest BCUT2D eigenvalue weighted by molar-refractivity contribution is -0.139. The molecular weight excluding hydrogens is 242 g/mol. The van der Waals surface area contributed by atoms with Crippen LogP contribution in [0.3, 0.4) is 0 Å². The van der Waals surface area contributed by atoms with E-state index >= 15 is 0 Å². The number of aromatic amines is 1. The van der Waals surface area contributed by atoms with Gasteiger partial charge in [-0.2, -0.15) is 5.10 Å². The van der Waals surface area contributed by atoms with Crippen molar-refractivity contribution in [3.63, 3.8) is 0 Å². The molecule has 0 saturated carbocycles. The van der Waals surface area contributed by atoms with Crippen molar-refractivity contribution in [3.05, 3.63) is 17.0 Å². The minimum absolute atomic E-state index is 0.157. The molecule has 1 aliphatic rings. The lowest BCUT2D eigenvalue weighted by atomic mass is 10.0. The zero-order valence-corrected chi connectivity index (χ0v) is 12.2. The van der Waals surface area contributed by atoms with E-state index in [-0.39, 0.29) is 12.0 Å². The van der Waals surface area contributed by atoms with Crippen LogP contribution < -0.4 is 0 Å². The molecule has 1 atom stereocenters. The van der Waals surface area contributed by atoms with Gasteiger partial charge in [-0.1, -0.05) is 13.8 Å². The highest BCUT2D eigenvalue weighted by Gasteiger charge is 2.26. The number of carbonyl (C=O) groups excluding carboxylic acids is 1. The SMILES string of the molecule is Cc1n[nH]c(C)c1CC(=O)N1CCOC(C(C)C)C1. The van der Waals surface area contributed by atoms with Gasteiger partial charge in [0, 0.05) is 24.3 Å². The Labute approximate surface area is 114 Å². The molecule has 1 N–H and O–H groups in total. The average molecular weight is 265 g/mol. The summed E-state index contributed by atoms with van der Waals surface area (Å²) >= 11 is 0. The molecule has 0 radical (unpaired) electrons. The van der Waals surface area contributed by atoms with Crippen LogP contribution in [0, 0.1) is 19.8 Å². The Morgan fingerprint density at radius 2 is 2.26 bits per heavy atom. The molecule has 1 saturated heterocycles. The second-order valence-electron chi connectivity index (χ2n) is 5.58. The van der Waals surface area contributed by atoms with E-state index in [2.05, 4.69) is 24.0 Å². The minimum atomic E-state index is 0.157. The minimum Gasteiger partial charge on any atom is -0.374 e. The smallest absolute Gasteiger partial charge is 0.227 e. The zero-order chi connectivity index (χ0) is 14.0. The predicted molar refractivity (Wildman–Crippen MR) is 72.9 cm³/mol. The van der Waals surface area contributed by atoms with Gasteiger partial charge in [-0.05, 0) is 19.8 Å². The number of ether oxygens (including phenoxy) is 1. The summed E-state index contributed by atoms with van der Waals surface area (Å²) in [5.41, 5.74) is 2.93. The van der Waals surface area contributed by atoms with Gasteiger partial charge >= 0.3 is 0 Å². The molecule has 1 fully saturated rings. The molecule has 0 bridgehead atoms. The summed E-state index contributed by atoms with van der Waals surface area (Å²) in [6, 6.07) is 0. The monoisotopic (exact) mass is 265 g/mol. The topological polar surface area (TPSA) is 58.2 Å². The fraction of sp³-hybridized carbons (Fsp3) is 0.714. The van der Waals surface area contributed by atoms with Crippen LogP contribution in [0.1, 0.15) is 30.8 Å². The molecule has 1 amide bonds. The van der Waals surface area contributed by atoms with Crippen molar-refractivity contribution < 1.29 is 9.53 Å². The van der Waals surface area contributed by atoms with Crippen LogP contribution in [0.4, 0.5) is 0 Å². The molecule has 1 aromatic heterocycles. The Balaban J connectivity index is 2.00. The Bertz CT molecular complexity index is 434. The van der Waals surface area contributed by atoms with Crippen LogP contribution in [0.15, 0.2) is 0 Å². The number of hydrogen-bond acceptors (Lipinski definition) is 3. The highest BCUT2D eigenvalue weighted by molar-refractivity contribution is 5.79. The first-order valence-electron chi connectivity index (χ1n) is 6.89. The maximum atomic E-state index is 12.4. The van der Waals surface area contributed by atoms with E-state index in [1.54, 1.807) is 0 Å². The highest BCUT2D eigenvalue weighted by Crippen LogP contribution is 2.16. The van der Waals surface area contributed by atoms with Crippen molar-refractivity contribution >= 4 is 5.91 Å². The number of nitrogens with zero attached hydrogens (tertiary/aromatic N) is 2. The number of aryl methyl sites for hydroxylation is 2. The normalized spacial score (nSPS) is 20.1. The molecule has 2 heterocycles. The van der Waals surface area contributed by atoms with Gasteiger partial charge in [-0.15, -0.1) is 0 Å². The van der Waals surface area contributed by atoms with Crippen LogP contribution >= 0.6 is 0 Å².